The quantitative estimate of drug-likeness (QED) is 0.841. The highest BCUT2D eigenvalue weighted by Gasteiger charge is 2.16. The molecule has 88 valence electrons. The second-order valence-corrected chi connectivity index (χ2v) is 3.93. The molecule has 0 bridgehead atoms. The molecule has 1 N–H and O–H groups in total. The van der Waals surface area contributed by atoms with Crippen molar-refractivity contribution >= 4 is 22.9 Å². The Morgan fingerprint density at radius 1 is 1.24 bits per heavy atom. The maximum absolute atomic E-state index is 13.2. The maximum Gasteiger partial charge on any atom is 0.267 e. The zero-order valence-electron chi connectivity index (χ0n) is 8.21. The number of amides is 1. The second kappa shape index (κ2) is 4.54. The van der Waals surface area contributed by atoms with Crippen molar-refractivity contribution in [1.29, 1.82) is 0 Å². The van der Waals surface area contributed by atoms with Gasteiger partial charge in [0.05, 0.1) is 17.4 Å². The van der Waals surface area contributed by atoms with Crippen molar-refractivity contribution < 1.29 is 18.0 Å². The summed E-state index contributed by atoms with van der Waals surface area (Å²) in [6.45, 7) is 0. The van der Waals surface area contributed by atoms with Crippen LogP contribution >= 0.6 is 11.3 Å². The fourth-order valence-corrected chi connectivity index (χ4v) is 1.65. The third kappa shape index (κ3) is 2.28. The Morgan fingerprint density at radius 3 is 2.65 bits per heavy atom. The summed E-state index contributed by atoms with van der Waals surface area (Å²) in [6, 6.07) is 1.69. The van der Waals surface area contributed by atoms with Crippen LogP contribution in [-0.2, 0) is 0 Å². The van der Waals surface area contributed by atoms with E-state index in [4.69, 9.17) is 0 Å². The van der Waals surface area contributed by atoms with Gasteiger partial charge in [0.1, 0.15) is 4.88 Å². The van der Waals surface area contributed by atoms with E-state index in [1.54, 1.807) is 0 Å². The molecule has 2 rings (SSSR count). The summed E-state index contributed by atoms with van der Waals surface area (Å²) < 4.78 is 38.7. The number of carbonyl (C=O) groups excluding carboxylic acids is 1. The molecule has 0 radical (unpaired) electrons. The molecule has 1 aromatic carbocycles. The number of halogens is 3. The van der Waals surface area contributed by atoms with Gasteiger partial charge in [0, 0.05) is 0 Å². The summed E-state index contributed by atoms with van der Waals surface area (Å²) in [5, 5.41) is 2.13. The molecule has 0 aliphatic carbocycles. The smallest absolute Gasteiger partial charge is 0.267 e. The Labute approximate surface area is 97.9 Å². The van der Waals surface area contributed by atoms with Crippen LogP contribution in [0.5, 0.6) is 0 Å². The van der Waals surface area contributed by atoms with Gasteiger partial charge in [-0.1, -0.05) is 0 Å². The van der Waals surface area contributed by atoms with Crippen LogP contribution in [-0.4, -0.2) is 10.9 Å². The highest BCUT2D eigenvalue weighted by Crippen LogP contribution is 2.20. The van der Waals surface area contributed by atoms with Crippen LogP contribution in [0.4, 0.5) is 18.9 Å². The Bertz CT molecular complexity index is 557. The molecule has 7 heteroatoms. The van der Waals surface area contributed by atoms with E-state index in [9.17, 15) is 18.0 Å². The monoisotopic (exact) mass is 258 g/mol. The molecule has 3 nitrogen and oxygen atoms in total. The lowest BCUT2D eigenvalue weighted by atomic mass is 10.2. The van der Waals surface area contributed by atoms with E-state index < -0.39 is 29.0 Å². The van der Waals surface area contributed by atoms with Gasteiger partial charge in [0.25, 0.3) is 5.91 Å². The van der Waals surface area contributed by atoms with Crippen LogP contribution in [0.15, 0.2) is 23.8 Å². The largest absolute Gasteiger partial charge is 0.319 e. The highest BCUT2D eigenvalue weighted by molar-refractivity contribution is 7.11. The van der Waals surface area contributed by atoms with Gasteiger partial charge in [-0.25, -0.2) is 13.2 Å². The van der Waals surface area contributed by atoms with E-state index in [-0.39, 0.29) is 4.88 Å². The first-order valence-corrected chi connectivity index (χ1v) is 5.31. The van der Waals surface area contributed by atoms with Gasteiger partial charge in [-0.3, -0.25) is 9.78 Å². The lowest BCUT2D eigenvalue weighted by molar-refractivity contribution is 0.102. The molecule has 0 spiro atoms. The zero-order chi connectivity index (χ0) is 12.4. The topological polar surface area (TPSA) is 42.0 Å². The Kier molecular flexibility index (Phi) is 3.10. The van der Waals surface area contributed by atoms with Crippen molar-refractivity contribution in [2.24, 2.45) is 0 Å². The molecular formula is C10H5F3N2OS. The van der Waals surface area contributed by atoms with Crippen LogP contribution in [0, 0.1) is 17.5 Å². The van der Waals surface area contributed by atoms with Crippen molar-refractivity contribution in [1.82, 2.24) is 4.98 Å². The minimum atomic E-state index is -1.62. The number of carbonyl (C=O) groups is 1. The standard InChI is InChI=1S/C10H5F3N2OS/c11-5-1-2-6(9(13)8(5)12)15-10(16)7-3-14-4-17-7/h1-4H,(H,15,16). The first kappa shape index (κ1) is 11.6. The lowest BCUT2D eigenvalue weighted by Gasteiger charge is -2.05. The van der Waals surface area contributed by atoms with E-state index in [1.165, 1.54) is 11.7 Å². The SMILES string of the molecule is O=C(Nc1ccc(F)c(F)c1F)c1cncs1. The highest BCUT2D eigenvalue weighted by atomic mass is 32.1. The normalized spacial score (nSPS) is 10.3. The first-order valence-electron chi connectivity index (χ1n) is 4.43. The average molecular weight is 258 g/mol. The number of thiazole rings is 1. The van der Waals surface area contributed by atoms with Gasteiger partial charge >= 0.3 is 0 Å². The first-order chi connectivity index (χ1) is 8.09. The summed E-state index contributed by atoms with van der Waals surface area (Å²) >= 11 is 1.05. The molecule has 0 saturated heterocycles. The molecular weight excluding hydrogens is 253 g/mol. The summed E-state index contributed by atoms with van der Waals surface area (Å²) in [6.07, 6.45) is 1.29. The van der Waals surface area contributed by atoms with Gasteiger partial charge in [0.15, 0.2) is 17.5 Å². The number of nitrogens with zero attached hydrogens (tertiary/aromatic N) is 1. The lowest BCUT2D eigenvalue weighted by Crippen LogP contribution is -2.12. The van der Waals surface area contributed by atoms with Gasteiger partial charge in [0.2, 0.25) is 0 Å². The van der Waals surface area contributed by atoms with Crippen LogP contribution < -0.4 is 5.32 Å². The Hall–Kier alpha value is -1.89. The van der Waals surface area contributed by atoms with Crippen molar-refractivity contribution in [2.45, 2.75) is 0 Å². The Morgan fingerprint density at radius 2 is 2.00 bits per heavy atom. The summed E-state index contributed by atoms with van der Waals surface area (Å²) in [5.41, 5.74) is 1.01. The minimum absolute atomic E-state index is 0.245. The molecule has 0 fully saturated rings. The maximum atomic E-state index is 13.2. The van der Waals surface area contributed by atoms with E-state index in [2.05, 4.69) is 10.3 Å². The van der Waals surface area contributed by atoms with E-state index in [0.717, 1.165) is 23.5 Å². The van der Waals surface area contributed by atoms with Crippen LogP contribution in [0.2, 0.25) is 0 Å². The predicted molar refractivity (Wildman–Crippen MR) is 56.4 cm³/mol. The molecule has 17 heavy (non-hydrogen) atoms. The van der Waals surface area contributed by atoms with E-state index >= 15 is 0 Å². The fraction of sp³-hybridized carbons (Fsp3) is 0. The predicted octanol–water partition coefficient (Wildman–Crippen LogP) is 2.81. The zero-order valence-corrected chi connectivity index (χ0v) is 9.02. The number of aromatic nitrogens is 1. The number of hydrogen-bond donors (Lipinski definition) is 1. The second-order valence-electron chi connectivity index (χ2n) is 3.04. The average Bonchev–Trinajstić information content (AvgIpc) is 2.83. The molecule has 0 aliphatic rings. The molecule has 2 aromatic rings. The molecule has 0 saturated carbocycles. The number of benzene rings is 1. The molecule has 0 unspecified atom stereocenters. The van der Waals surface area contributed by atoms with Gasteiger partial charge in [-0.2, -0.15) is 0 Å². The van der Waals surface area contributed by atoms with Gasteiger partial charge in [-0.05, 0) is 12.1 Å². The number of rotatable bonds is 2. The van der Waals surface area contributed by atoms with E-state index in [1.807, 2.05) is 0 Å². The number of anilines is 1. The van der Waals surface area contributed by atoms with Crippen LogP contribution in [0.1, 0.15) is 9.67 Å². The summed E-state index contributed by atoms with van der Waals surface area (Å²) in [4.78, 5) is 15.4. The third-order valence-corrected chi connectivity index (χ3v) is 2.71. The summed E-state index contributed by atoms with van der Waals surface area (Å²) in [5.74, 6) is -4.98. The number of nitrogens with one attached hydrogen (secondary N) is 1. The van der Waals surface area contributed by atoms with Crippen molar-refractivity contribution in [3.05, 3.63) is 46.2 Å². The molecule has 1 heterocycles. The third-order valence-electron chi connectivity index (χ3n) is 1.94. The summed E-state index contributed by atoms with van der Waals surface area (Å²) in [7, 11) is 0. The minimum Gasteiger partial charge on any atom is -0.319 e. The van der Waals surface area contributed by atoms with Crippen LogP contribution in [0.3, 0.4) is 0 Å². The van der Waals surface area contributed by atoms with Crippen molar-refractivity contribution in [3.8, 4) is 0 Å². The van der Waals surface area contributed by atoms with Crippen molar-refractivity contribution in [3.63, 3.8) is 0 Å². The molecule has 1 aromatic heterocycles. The van der Waals surface area contributed by atoms with E-state index in [0.29, 0.717) is 0 Å². The Balaban J connectivity index is 2.25. The molecule has 0 atom stereocenters. The molecule has 0 aliphatic heterocycles. The van der Waals surface area contributed by atoms with Gasteiger partial charge < -0.3 is 5.32 Å². The number of hydrogen-bond acceptors (Lipinski definition) is 3. The van der Waals surface area contributed by atoms with Crippen LogP contribution in [0.25, 0.3) is 0 Å². The van der Waals surface area contributed by atoms with Crippen molar-refractivity contribution in [2.75, 3.05) is 5.32 Å². The van der Waals surface area contributed by atoms with Gasteiger partial charge in [-0.15, -0.1) is 11.3 Å². The molecule has 1 amide bonds. The fourth-order valence-electron chi connectivity index (χ4n) is 1.13.